The predicted molar refractivity (Wildman–Crippen MR) is 64.2 cm³/mol. The third-order valence-electron chi connectivity index (χ3n) is 2.50. The van der Waals surface area contributed by atoms with Crippen LogP contribution in [0.15, 0.2) is 18.2 Å². The van der Waals surface area contributed by atoms with Gasteiger partial charge >= 0.3 is 0 Å². The zero-order chi connectivity index (χ0) is 12.3. The zero-order valence-corrected chi connectivity index (χ0v) is 10.6. The Kier molecular flexibility index (Phi) is 4.09. The molecular weight excluding hydrogens is 227 g/mol. The van der Waals surface area contributed by atoms with Crippen LogP contribution in [0.25, 0.3) is 0 Å². The molecule has 0 aliphatic carbocycles. The summed E-state index contributed by atoms with van der Waals surface area (Å²) in [6.07, 6.45) is 0.686. The quantitative estimate of drug-likeness (QED) is 0.782. The summed E-state index contributed by atoms with van der Waals surface area (Å²) in [6, 6.07) is 4.57. The maximum Gasteiger partial charge on any atom is 0.138 e. The fourth-order valence-electron chi connectivity index (χ4n) is 1.38. The maximum atomic E-state index is 13.4. The fraction of sp³-hybridized carbons (Fsp3) is 0.462. The maximum absolute atomic E-state index is 13.4. The summed E-state index contributed by atoms with van der Waals surface area (Å²) in [5.41, 5.74) is 0.0549. The van der Waals surface area contributed by atoms with Crippen LogP contribution >= 0.6 is 11.6 Å². The largest absolute Gasteiger partial charge is 0.299 e. The van der Waals surface area contributed by atoms with Crippen molar-refractivity contribution in [2.75, 3.05) is 0 Å². The van der Waals surface area contributed by atoms with Gasteiger partial charge in [0.2, 0.25) is 0 Å². The van der Waals surface area contributed by atoms with E-state index in [-0.39, 0.29) is 17.0 Å². The van der Waals surface area contributed by atoms with E-state index in [4.69, 9.17) is 11.6 Å². The van der Waals surface area contributed by atoms with Crippen LogP contribution in [0.4, 0.5) is 4.39 Å². The number of hydrogen-bond donors (Lipinski definition) is 0. The van der Waals surface area contributed by atoms with Crippen LogP contribution in [0.2, 0.25) is 5.02 Å². The van der Waals surface area contributed by atoms with Gasteiger partial charge in [-0.25, -0.2) is 4.39 Å². The van der Waals surface area contributed by atoms with Gasteiger partial charge in [0.25, 0.3) is 0 Å². The molecule has 0 radical (unpaired) electrons. The molecule has 16 heavy (non-hydrogen) atoms. The number of benzene rings is 1. The molecule has 0 bridgehead atoms. The molecule has 1 aromatic carbocycles. The highest BCUT2D eigenvalue weighted by Crippen LogP contribution is 2.23. The van der Waals surface area contributed by atoms with E-state index in [1.807, 2.05) is 20.8 Å². The van der Waals surface area contributed by atoms with Gasteiger partial charge in [0.1, 0.15) is 11.6 Å². The van der Waals surface area contributed by atoms with Crippen molar-refractivity contribution in [2.45, 2.75) is 33.6 Å². The Labute approximate surface area is 101 Å². The molecule has 88 valence electrons. The number of Topliss-reactive ketones (excluding diaryl/α,β-unsaturated/α-hetero) is 1. The third-order valence-corrected chi connectivity index (χ3v) is 2.85. The molecule has 1 nitrogen and oxygen atoms in total. The molecule has 3 heteroatoms. The van der Waals surface area contributed by atoms with E-state index >= 15 is 0 Å². The summed E-state index contributed by atoms with van der Waals surface area (Å²) >= 11 is 5.88. The Morgan fingerprint density at radius 2 is 2.00 bits per heavy atom. The molecular formula is C13H16ClFO. The van der Waals surface area contributed by atoms with E-state index in [0.29, 0.717) is 23.4 Å². The predicted octanol–water partition coefficient (Wildman–Crippen LogP) is 4.03. The lowest BCUT2D eigenvalue weighted by molar-refractivity contribution is -0.126. The summed E-state index contributed by atoms with van der Waals surface area (Å²) in [5.74, 6) is -0.221. The Morgan fingerprint density at radius 3 is 2.50 bits per heavy atom. The molecule has 0 fully saturated rings. The van der Waals surface area contributed by atoms with Crippen LogP contribution < -0.4 is 0 Å². The van der Waals surface area contributed by atoms with E-state index < -0.39 is 0 Å². The lowest BCUT2D eigenvalue weighted by atomic mass is 9.87. The SMILES string of the molecule is CC(C)(C)C(=O)CCc1c(F)cccc1Cl. The van der Waals surface area contributed by atoms with Gasteiger partial charge in [-0.05, 0) is 18.6 Å². The first-order chi connectivity index (χ1) is 7.32. The molecule has 0 atom stereocenters. The van der Waals surface area contributed by atoms with Crippen molar-refractivity contribution in [1.29, 1.82) is 0 Å². The third kappa shape index (κ3) is 3.31. The van der Waals surface area contributed by atoms with Gasteiger partial charge in [0.15, 0.2) is 0 Å². The second-order valence-corrected chi connectivity index (χ2v) is 5.28. The van der Waals surface area contributed by atoms with Crippen LogP contribution in [0.5, 0.6) is 0 Å². The van der Waals surface area contributed by atoms with Crippen LogP contribution in [0, 0.1) is 11.2 Å². The van der Waals surface area contributed by atoms with Crippen LogP contribution in [-0.2, 0) is 11.2 Å². The van der Waals surface area contributed by atoms with Gasteiger partial charge in [0, 0.05) is 22.4 Å². The molecule has 0 saturated heterocycles. The molecule has 0 spiro atoms. The van der Waals surface area contributed by atoms with Gasteiger partial charge in [0.05, 0.1) is 0 Å². The smallest absolute Gasteiger partial charge is 0.138 e. The first-order valence-corrected chi connectivity index (χ1v) is 5.66. The first kappa shape index (κ1) is 13.2. The number of hydrogen-bond acceptors (Lipinski definition) is 1. The summed E-state index contributed by atoms with van der Waals surface area (Å²) in [6.45, 7) is 5.58. The van der Waals surface area contributed by atoms with Crippen LogP contribution in [0.3, 0.4) is 0 Å². The van der Waals surface area contributed by atoms with Crippen molar-refractivity contribution in [3.05, 3.63) is 34.6 Å². The fourth-order valence-corrected chi connectivity index (χ4v) is 1.64. The van der Waals surface area contributed by atoms with Crippen LogP contribution in [0.1, 0.15) is 32.8 Å². The lowest BCUT2D eigenvalue weighted by Gasteiger charge is -2.16. The minimum absolute atomic E-state index is 0.117. The van der Waals surface area contributed by atoms with Crippen molar-refractivity contribution in [3.8, 4) is 0 Å². The van der Waals surface area contributed by atoms with Gasteiger partial charge in [-0.15, -0.1) is 0 Å². The molecule has 1 rings (SSSR count). The van der Waals surface area contributed by atoms with E-state index in [1.165, 1.54) is 6.07 Å². The van der Waals surface area contributed by atoms with Gasteiger partial charge in [-0.2, -0.15) is 0 Å². The number of carbonyl (C=O) groups is 1. The van der Waals surface area contributed by atoms with Crippen molar-refractivity contribution in [2.24, 2.45) is 5.41 Å². The van der Waals surface area contributed by atoms with E-state index in [1.54, 1.807) is 12.1 Å². The Morgan fingerprint density at radius 1 is 1.38 bits per heavy atom. The summed E-state index contributed by atoms with van der Waals surface area (Å²) < 4.78 is 13.4. The molecule has 0 N–H and O–H groups in total. The van der Waals surface area contributed by atoms with Gasteiger partial charge < -0.3 is 0 Å². The molecule has 0 aromatic heterocycles. The molecule has 1 aromatic rings. The number of carbonyl (C=O) groups excluding carboxylic acids is 1. The molecule has 0 aliphatic rings. The van der Waals surface area contributed by atoms with Crippen molar-refractivity contribution in [1.82, 2.24) is 0 Å². The molecule has 0 unspecified atom stereocenters. The number of halogens is 2. The van der Waals surface area contributed by atoms with Gasteiger partial charge in [-0.3, -0.25) is 4.79 Å². The highest BCUT2D eigenvalue weighted by Gasteiger charge is 2.21. The van der Waals surface area contributed by atoms with E-state index in [2.05, 4.69) is 0 Å². The summed E-state index contributed by atoms with van der Waals surface area (Å²) in [7, 11) is 0. The first-order valence-electron chi connectivity index (χ1n) is 5.28. The zero-order valence-electron chi connectivity index (χ0n) is 9.81. The minimum Gasteiger partial charge on any atom is -0.299 e. The topological polar surface area (TPSA) is 17.1 Å². The van der Waals surface area contributed by atoms with Gasteiger partial charge in [-0.1, -0.05) is 38.4 Å². The van der Waals surface area contributed by atoms with E-state index in [0.717, 1.165) is 0 Å². The number of rotatable bonds is 3. The average molecular weight is 243 g/mol. The Balaban J connectivity index is 2.73. The molecule has 0 heterocycles. The second-order valence-electron chi connectivity index (χ2n) is 4.87. The van der Waals surface area contributed by atoms with Crippen molar-refractivity contribution >= 4 is 17.4 Å². The standard InChI is InChI=1S/C13H16ClFO/c1-13(2,3)12(16)8-7-9-10(14)5-4-6-11(9)15/h4-6H,7-8H2,1-3H3. The Bertz CT molecular complexity index is 373. The van der Waals surface area contributed by atoms with E-state index in [9.17, 15) is 9.18 Å². The normalized spacial score (nSPS) is 11.6. The summed E-state index contributed by atoms with van der Waals surface area (Å²) in [5, 5.41) is 0.390. The summed E-state index contributed by atoms with van der Waals surface area (Å²) in [4.78, 5) is 11.7. The second kappa shape index (κ2) is 4.96. The minimum atomic E-state index is -0.377. The monoisotopic (exact) mass is 242 g/mol. The molecule has 0 saturated carbocycles. The lowest BCUT2D eigenvalue weighted by Crippen LogP contribution is -2.20. The molecule has 0 aliphatic heterocycles. The average Bonchev–Trinajstić information content (AvgIpc) is 2.15. The van der Waals surface area contributed by atoms with Crippen molar-refractivity contribution in [3.63, 3.8) is 0 Å². The van der Waals surface area contributed by atoms with Crippen molar-refractivity contribution < 1.29 is 9.18 Å². The van der Waals surface area contributed by atoms with Crippen LogP contribution in [-0.4, -0.2) is 5.78 Å². The highest BCUT2D eigenvalue weighted by atomic mass is 35.5. The Hall–Kier alpha value is -0.890. The molecule has 0 amide bonds. The number of ketones is 1. The highest BCUT2D eigenvalue weighted by molar-refractivity contribution is 6.31.